The Morgan fingerprint density at radius 3 is 2.82 bits per heavy atom. The third kappa shape index (κ3) is 3.17. The molecule has 1 saturated heterocycles. The molecule has 6 heteroatoms. The molecule has 1 fully saturated rings. The Balaban J connectivity index is 1.86. The zero-order chi connectivity index (χ0) is 15.5. The first-order chi connectivity index (χ1) is 10.6. The highest BCUT2D eigenvalue weighted by Crippen LogP contribution is 2.32. The van der Waals surface area contributed by atoms with Gasteiger partial charge in [-0.1, -0.05) is 44.2 Å². The highest BCUT2D eigenvalue weighted by Gasteiger charge is 2.34. The van der Waals surface area contributed by atoms with Crippen LogP contribution in [0.1, 0.15) is 43.2 Å². The van der Waals surface area contributed by atoms with Crippen molar-refractivity contribution in [2.24, 2.45) is 5.92 Å². The zero-order valence-electron chi connectivity index (χ0n) is 12.7. The van der Waals surface area contributed by atoms with E-state index in [1.54, 1.807) is 0 Å². The van der Waals surface area contributed by atoms with Crippen molar-refractivity contribution in [3.8, 4) is 0 Å². The van der Waals surface area contributed by atoms with Gasteiger partial charge in [0.25, 0.3) is 0 Å². The number of carbonyl (C=O) groups excluding carboxylic acids is 1. The Labute approximate surface area is 129 Å². The fraction of sp³-hybridized carbons (Fsp3) is 0.438. The molecule has 1 aliphatic heterocycles. The van der Waals surface area contributed by atoms with Crippen molar-refractivity contribution in [2.75, 3.05) is 6.61 Å². The number of hydrogen-bond donors (Lipinski definition) is 2. The van der Waals surface area contributed by atoms with Gasteiger partial charge in [-0.2, -0.15) is 5.10 Å². The van der Waals surface area contributed by atoms with Crippen LogP contribution < -0.4 is 5.32 Å². The summed E-state index contributed by atoms with van der Waals surface area (Å²) in [5.41, 5.74) is 0.982. The predicted octanol–water partition coefficient (Wildman–Crippen LogP) is 1.93. The number of H-pyrrole nitrogens is 1. The molecule has 1 aromatic carbocycles. The Morgan fingerprint density at radius 1 is 1.32 bits per heavy atom. The van der Waals surface area contributed by atoms with Gasteiger partial charge in [0.1, 0.15) is 18.5 Å². The minimum Gasteiger partial charge on any atom is -0.358 e. The normalized spacial score (nSPS) is 21.9. The predicted molar refractivity (Wildman–Crippen MR) is 80.9 cm³/mol. The number of morpholine rings is 1. The number of carbonyl (C=O) groups is 1. The van der Waals surface area contributed by atoms with Crippen molar-refractivity contribution in [3.05, 3.63) is 47.5 Å². The standard InChI is InChI=1S/C16H20N4O2/c1-10(2)8-12-17-16(20-19-12)15-14(18-13(21)9-22-15)11-6-4-3-5-7-11/h3-7,10,14-15H,8-9H2,1-2H3,(H,18,21)(H,17,19,20)/t14-,15+/m1/s1. The molecule has 1 amide bonds. The minimum atomic E-state index is -0.378. The van der Waals surface area contributed by atoms with E-state index in [1.165, 1.54) is 0 Å². The lowest BCUT2D eigenvalue weighted by molar-refractivity contribution is -0.137. The quantitative estimate of drug-likeness (QED) is 0.904. The monoisotopic (exact) mass is 300 g/mol. The van der Waals surface area contributed by atoms with Gasteiger partial charge in [-0.15, -0.1) is 0 Å². The van der Waals surface area contributed by atoms with E-state index in [0.717, 1.165) is 17.8 Å². The molecule has 0 bridgehead atoms. The van der Waals surface area contributed by atoms with E-state index in [0.29, 0.717) is 11.7 Å². The van der Waals surface area contributed by atoms with Gasteiger partial charge in [0, 0.05) is 6.42 Å². The van der Waals surface area contributed by atoms with Gasteiger partial charge in [-0.3, -0.25) is 9.89 Å². The number of rotatable bonds is 4. The van der Waals surface area contributed by atoms with E-state index in [4.69, 9.17) is 4.74 Å². The van der Waals surface area contributed by atoms with E-state index < -0.39 is 0 Å². The van der Waals surface area contributed by atoms with Crippen LogP contribution in [0.5, 0.6) is 0 Å². The molecule has 0 radical (unpaired) electrons. The van der Waals surface area contributed by atoms with E-state index in [2.05, 4.69) is 34.3 Å². The van der Waals surface area contributed by atoms with Gasteiger partial charge >= 0.3 is 0 Å². The number of nitrogens with zero attached hydrogens (tertiary/aromatic N) is 2. The molecule has 2 heterocycles. The molecular weight excluding hydrogens is 280 g/mol. The lowest BCUT2D eigenvalue weighted by Crippen LogP contribution is -2.42. The highest BCUT2D eigenvalue weighted by molar-refractivity contribution is 5.78. The number of aromatic amines is 1. The third-order valence-electron chi connectivity index (χ3n) is 3.58. The smallest absolute Gasteiger partial charge is 0.246 e. The van der Waals surface area contributed by atoms with Crippen LogP contribution in [-0.4, -0.2) is 27.7 Å². The maximum atomic E-state index is 11.7. The average molecular weight is 300 g/mol. The molecule has 1 aromatic heterocycles. The highest BCUT2D eigenvalue weighted by atomic mass is 16.5. The minimum absolute atomic E-state index is 0.0298. The van der Waals surface area contributed by atoms with Crippen LogP contribution in [0.4, 0.5) is 0 Å². The second-order valence-corrected chi connectivity index (χ2v) is 5.93. The molecular formula is C16H20N4O2. The second-order valence-electron chi connectivity index (χ2n) is 5.93. The van der Waals surface area contributed by atoms with Crippen LogP contribution in [0.3, 0.4) is 0 Å². The number of nitrogens with one attached hydrogen (secondary N) is 2. The number of benzene rings is 1. The first kappa shape index (κ1) is 14.7. The van der Waals surface area contributed by atoms with Crippen molar-refractivity contribution in [3.63, 3.8) is 0 Å². The SMILES string of the molecule is CC(C)Cc1nc([C@H]2OCC(=O)N[C@@H]2c2ccccc2)n[nH]1. The molecule has 22 heavy (non-hydrogen) atoms. The number of hydrogen-bond acceptors (Lipinski definition) is 4. The van der Waals surface area contributed by atoms with Gasteiger partial charge < -0.3 is 10.1 Å². The van der Waals surface area contributed by atoms with Crippen LogP contribution in [0.2, 0.25) is 0 Å². The van der Waals surface area contributed by atoms with Gasteiger partial charge in [-0.25, -0.2) is 4.98 Å². The van der Waals surface area contributed by atoms with E-state index >= 15 is 0 Å². The van der Waals surface area contributed by atoms with E-state index in [9.17, 15) is 4.79 Å². The van der Waals surface area contributed by atoms with Gasteiger partial charge in [0.05, 0.1) is 6.04 Å². The average Bonchev–Trinajstić information content (AvgIpc) is 2.95. The lowest BCUT2D eigenvalue weighted by atomic mass is 9.99. The number of aromatic nitrogens is 3. The van der Waals surface area contributed by atoms with Crippen LogP contribution in [0.15, 0.2) is 30.3 Å². The largest absolute Gasteiger partial charge is 0.358 e. The molecule has 1 aliphatic rings. The summed E-state index contributed by atoms with van der Waals surface area (Å²) < 4.78 is 5.70. The van der Waals surface area contributed by atoms with Crippen molar-refractivity contribution < 1.29 is 9.53 Å². The Morgan fingerprint density at radius 2 is 2.09 bits per heavy atom. The molecule has 116 valence electrons. The molecule has 3 rings (SSSR count). The topological polar surface area (TPSA) is 79.9 Å². The Bertz CT molecular complexity index is 639. The molecule has 0 aliphatic carbocycles. The van der Waals surface area contributed by atoms with Gasteiger partial charge in [-0.05, 0) is 11.5 Å². The first-order valence-electron chi connectivity index (χ1n) is 7.50. The zero-order valence-corrected chi connectivity index (χ0v) is 12.7. The van der Waals surface area contributed by atoms with E-state index in [-0.39, 0.29) is 24.7 Å². The summed E-state index contributed by atoms with van der Waals surface area (Å²) in [6.07, 6.45) is 0.458. The van der Waals surface area contributed by atoms with Gasteiger partial charge in [0.15, 0.2) is 5.82 Å². The molecule has 2 atom stereocenters. The summed E-state index contributed by atoms with van der Waals surface area (Å²) >= 11 is 0. The Hall–Kier alpha value is -2.21. The first-order valence-corrected chi connectivity index (χ1v) is 7.50. The third-order valence-corrected chi connectivity index (χ3v) is 3.58. The summed E-state index contributed by atoms with van der Waals surface area (Å²) in [5, 5.41) is 10.2. The van der Waals surface area contributed by atoms with Crippen molar-refractivity contribution in [1.82, 2.24) is 20.5 Å². The lowest BCUT2D eigenvalue weighted by Gasteiger charge is -2.30. The number of ether oxygens (including phenoxy) is 1. The second kappa shape index (κ2) is 6.27. The fourth-order valence-electron chi connectivity index (χ4n) is 2.61. The summed E-state index contributed by atoms with van der Waals surface area (Å²) in [4.78, 5) is 16.2. The molecule has 2 aromatic rings. The van der Waals surface area contributed by atoms with Crippen molar-refractivity contribution >= 4 is 5.91 Å². The molecule has 0 unspecified atom stereocenters. The molecule has 0 spiro atoms. The van der Waals surface area contributed by atoms with Crippen LogP contribution in [0, 0.1) is 5.92 Å². The maximum absolute atomic E-state index is 11.7. The number of amides is 1. The van der Waals surface area contributed by atoms with Crippen LogP contribution in [0.25, 0.3) is 0 Å². The van der Waals surface area contributed by atoms with Crippen LogP contribution in [-0.2, 0) is 16.0 Å². The fourth-order valence-corrected chi connectivity index (χ4v) is 2.61. The molecule has 2 N–H and O–H groups in total. The van der Waals surface area contributed by atoms with Gasteiger partial charge in [0.2, 0.25) is 5.91 Å². The summed E-state index contributed by atoms with van der Waals surface area (Å²) in [5.74, 6) is 1.81. The van der Waals surface area contributed by atoms with Crippen LogP contribution >= 0.6 is 0 Å². The maximum Gasteiger partial charge on any atom is 0.246 e. The Kier molecular flexibility index (Phi) is 4.20. The van der Waals surface area contributed by atoms with Crippen molar-refractivity contribution in [2.45, 2.75) is 32.4 Å². The summed E-state index contributed by atoms with van der Waals surface area (Å²) in [6.45, 7) is 4.29. The summed E-state index contributed by atoms with van der Waals surface area (Å²) in [6, 6.07) is 9.48. The molecule has 6 nitrogen and oxygen atoms in total. The van der Waals surface area contributed by atoms with E-state index in [1.807, 2.05) is 30.3 Å². The van der Waals surface area contributed by atoms with Crippen molar-refractivity contribution in [1.29, 1.82) is 0 Å². The summed E-state index contributed by atoms with van der Waals surface area (Å²) in [7, 11) is 0. The molecule has 0 saturated carbocycles.